The van der Waals surface area contributed by atoms with Gasteiger partial charge in [-0.1, -0.05) is 39.8 Å². The number of carbonyl (C=O) groups excluding carboxylic acids is 1. The van der Waals surface area contributed by atoms with Crippen LogP contribution >= 0.6 is 27.7 Å². The monoisotopic (exact) mass is 589 g/mol. The molecule has 2 N–H and O–H groups in total. The number of para-hydroxylation sites is 2. The van der Waals surface area contributed by atoms with E-state index in [-0.39, 0.29) is 27.6 Å². The first-order valence-corrected chi connectivity index (χ1v) is 13.3. The molecule has 3 aromatic carbocycles. The molecule has 0 aliphatic carbocycles. The zero-order valence-electron chi connectivity index (χ0n) is 18.1. The van der Waals surface area contributed by atoms with Crippen molar-refractivity contribution in [3.05, 3.63) is 86.9 Å². The van der Waals surface area contributed by atoms with Gasteiger partial charge in [0, 0.05) is 22.2 Å². The van der Waals surface area contributed by atoms with Gasteiger partial charge in [-0.25, -0.2) is 10.4 Å². The Kier molecular flexibility index (Phi) is 7.67. The Morgan fingerprint density at radius 2 is 1.94 bits per heavy atom. The first kappa shape index (κ1) is 25.3. The minimum Gasteiger partial charge on any atom is -0.378 e. The van der Waals surface area contributed by atoms with E-state index in [4.69, 9.17) is 4.18 Å². The summed E-state index contributed by atoms with van der Waals surface area (Å²) in [5, 5.41) is 15.3. The van der Waals surface area contributed by atoms with Gasteiger partial charge in [0.2, 0.25) is 0 Å². The number of H-pyrrole nitrogens is 1. The zero-order chi connectivity index (χ0) is 25.7. The lowest BCUT2D eigenvalue weighted by Gasteiger charge is -2.10. The summed E-state index contributed by atoms with van der Waals surface area (Å²) in [4.78, 5) is 29.6. The van der Waals surface area contributed by atoms with Gasteiger partial charge in [-0.15, -0.1) is 0 Å². The third kappa shape index (κ3) is 6.27. The van der Waals surface area contributed by atoms with E-state index in [1.54, 1.807) is 12.1 Å². The molecule has 0 aliphatic rings. The molecule has 0 aliphatic heterocycles. The quantitative estimate of drug-likeness (QED) is 0.0964. The van der Waals surface area contributed by atoms with E-state index >= 15 is 0 Å². The largest absolute Gasteiger partial charge is 0.378 e. The summed E-state index contributed by atoms with van der Waals surface area (Å²) in [5.74, 6) is -0.396. The van der Waals surface area contributed by atoms with Crippen LogP contribution in [0.2, 0.25) is 0 Å². The van der Waals surface area contributed by atoms with Gasteiger partial charge in [-0.2, -0.15) is 13.5 Å². The number of rotatable bonds is 9. The molecule has 0 saturated heterocycles. The molecule has 0 radical (unpaired) electrons. The molecule has 11 nitrogen and oxygen atoms in total. The lowest BCUT2D eigenvalue weighted by atomic mass is 10.2. The Morgan fingerprint density at radius 1 is 1.19 bits per heavy atom. The number of carbonyl (C=O) groups is 1. The van der Waals surface area contributed by atoms with Crippen molar-refractivity contribution >= 4 is 66.7 Å². The summed E-state index contributed by atoms with van der Waals surface area (Å²) in [6.45, 7) is 0. The number of aromatic amines is 1. The van der Waals surface area contributed by atoms with Crippen LogP contribution in [-0.2, 0) is 14.9 Å². The molecule has 4 rings (SSSR count). The number of fused-ring (bicyclic) bond motifs is 1. The van der Waals surface area contributed by atoms with Crippen LogP contribution in [-0.4, -0.2) is 41.2 Å². The van der Waals surface area contributed by atoms with Crippen molar-refractivity contribution < 1.29 is 22.3 Å². The highest BCUT2D eigenvalue weighted by molar-refractivity contribution is 9.10. The second-order valence-electron chi connectivity index (χ2n) is 7.11. The van der Waals surface area contributed by atoms with E-state index in [2.05, 4.69) is 36.4 Å². The van der Waals surface area contributed by atoms with Crippen molar-refractivity contribution in [1.82, 2.24) is 15.4 Å². The average Bonchev–Trinajstić information content (AvgIpc) is 3.27. The molecule has 1 heterocycles. The standard InChI is InChI=1S/C22H16BrN5O6S2/c23-15-5-10-20(34-36(32,33)17-8-6-16(7-9-17)28(30)31)14(11-15)12-24-27-21(29)13-35-22-25-18-3-1-2-4-19(18)26-22/h1-12H,13H2,(H,25,26)(H,27,29)/b24-12-. The molecule has 1 amide bonds. The van der Waals surface area contributed by atoms with Gasteiger partial charge in [-0.3, -0.25) is 14.9 Å². The fraction of sp³-hybridized carbons (Fsp3) is 0.0455. The number of imidazole rings is 1. The number of halogens is 1. The normalized spacial score (nSPS) is 11.6. The molecule has 36 heavy (non-hydrogen) atoms. The summed E-state index contributed by atoms with van der Waals surface area (Å²) in [7, 11) is -4.28. The van der Waals surface area contributed by atoms with Crippen LogP contribution in [0.5, 0.6) is 5.75 Å². The van der Waals surface area contributed by atoms with Gasteiger partial charge in [0.1, 0.15) is 4.90 Å². The van der Waals surface area contributed by atoms with Crippen molar-refractivity contribution in [3.8, 4) is 5.75 Å². The number of hydrogen-bond acceptors (Lipinski definition) is 9. The molecule has 1 aromatic heterocycles. The maximum atomic E-state index is 12.7. The third-order valence-electron chi connectivity index (χ3n) is 4.61. The lowest BCUT2D eigenvalue weighted by Crippen LogP contribution is -2.19. The van der Waals surface area contributed by atoms with Crippen LogP contribution in [0.3, 0.4) is 0 Å². The van der Waals surface area contributed by atoms with Crippen LogP contribution < -0.4 is 9.61 Å². The summed E-state index contributed by atoms with van der Waals surface area (Å²) >= 11 is 4.50. The Hall–Kier alpha value is -3.75. The minimum atomic E-state index is -4.28. The van der Waals surface area contributed by atoms with Crippen molar-refractivity contribution in [1.29, 1.82) is 0 Å². The van der Waals surface area contributed by atoms with Crippen LogP contribution in [0.4, 0.5) is 5.69 Å². The molecule has 0 atom stereocenters. The molecule has 0 saturated carbocycles. The van der Waals surface area contributed by atoms with E-state index in [0.717, 1.165) is 35.3 Å². The van der Waals surface area contributed by atoms with Crippen LogP contribution in [0.25, 0.3) is 11.0 Å². The highest BCUT2D eigenvalue weighted by Crippen LogP contribution is 2.26. The Balaban J connectivity index is 1.41. The number of nitrogens with one attached hydrogen (secondary N) is 2. The van der Waals surface area contributed by atoms with Crippen molar-refractivity contribution in [3.63, 3.8) is 0 Å². The van der Waals surface area contributed by atoms with Crippen molar-refractivity contribution in [2.75, 3.05) is 5.75 Å². The predicted molar refractivity (Wildman–Crippen MR) is 138 cm³/mol. The van der Waals surface area contributed by atoms with E-state index in [0.29, 0.717) is 9.63 Å². The first-order valence-electron chi connectivity index (χ1n) is 10.1. The van der Waals surface area contributed by atoms with Gasteiger partial charge >= 0.3 is 10.1 Å². The zero-order valence-corrected chi connectivity index (χ0v) is 21.3. The molecule has 0 bridgehead atoms. The summed E-state index contributed by atoms with van der Waals surface area (Å²) in [6.07, 6.45) is 1.25. The molecule has 0 unspecified atom stereocenters. The van der Waals surface area contributed by atoms with Gasteiger partial charge in [0.25, 0.3) is 11.6 Å². The number of thioether (sulfide) groups is 1. The number of benzene rings is 3. The van der Waals surface area contributed by atoms with Crippen LogP contribution in [0.15, 0.2) is 86.4 Å². The highest BCUT2D eigenvalue weighted by atomic mass is 79.9. The fourth-order valence-electron chi connectivity index (χ4n) is 2.93. The molecule has 0 spiro atoms. The fourth-order valence-corrected chi connectivity index (χ4v) is 4.94. The number of aromatic nitrogens is 2. The SMILES string of the molecule is O=C(CSc1nc2ccccc2[nH]1)N/N=C\c1cc(Br)ccc1OS(=O)(=O)c1ccc([N+](=O)[O-])cc1. The van der Waals surface area contributed by atoms with Gasteiger partial charge in [0.15, 0.2) is 10.9 Å². The van der Waals surface area contributed by atoms with E-state index in [9.17, 15) is 23.3 Å². The molecule has 4 aromatic rings. The molecule has 14 heteroatoms. The number of hydrogen-bond donors (Lipinski definition) is 2. The number of nitro benzene ring substituents is 1. The van der Waals surface area contributed by atoms with Crippen molar-refractivity contribution in [2.45, 2.75) is 10.1 Å². The number of nitro groups is 1. The predicted octanol–water partition coefficient (Wildman–Crippen LogP) is 4.24. The number of non-ortho nitro benzene ring substituents is 1. The molecule has 184 valence electrons. The second kappa shape index (κ2) is 10.9. The van der Waals surface area contributed by atoms with Crippen LogP contribution in [0.1, 0.15) is 5.56 Å². The van der Waals surface area contributed by atoms with Crippen LogP contribution in [0, 0.1) is 10.1 Å². The maximum absolute atomic E-state index is 12.7. The Bertz CT molecular complexity index is 1540. The Morgan fingerprint density at radius 3 is 2.67 bits per heavy atom. The lowest BCUT2D eigenvalue weighted by molar-refractivity contribution is -0.384. The summed E-state index contributed by atoms with van der Waals surface area (Å²) < 4.78 is 31.2. The topological polar surface area (TPSA) is 157 Å². The van der Waals surface area contributed by atoms with E-state index in [1.165, 1.54) is 24.0 Å². The van der Waals surface area contributed by atoms with E-state index in [1.807, 2.05) is 24.3 Å². The number of hydrazone groups is 1. The first-order chi connectivity index (χ1) is 17.2. The molecular formula is C22H16BrN5O6S2. The highest BCUT2D eigenvalue weighted by Gasteiger charge is 2.20. The molecule has 0 fully saturated rings. The Labute approximate surface area is 217 Å². The van der Waals surface area contributed by atoms with Gasteiger partial charge < -0.3 is 9.17 Å². The smallest absolute Gasteiger partial charge is 0.339 e. The average molecular weight is 590 g/mol. The van der Waals surface area contributed by atoms with Gasteiger partial charge in [0.05, 0.1) is 27.9 Å². The number of nitrogens with zero attached hydrogens (tertiary/aromatic N) is 3. The van der Waals surface area contributed by atoms with Gasteiger partial charge in [-0.05, 0) is 42.5 Å². The maximum Gasteiger partial charge on any atom is 0.339 e. The van der Waals surface area contributed by atoms with Crippen molar-refractivity contribution in [2.24, 2.45) is 5.10 Å². The second-order valence-corrected chi connectivity index (χ2v) is 10.5. The number of amides is 1. The molecular weight excluding hydrogens is 574 g/mol. The summed E-state index contributed by atoms with van der Waals surface area (Å²) in [5.41, 5.74) is 4.05. The minimum absolute atomic E-state index is 0.0491. The third-order valence-corrected chi connectivity index (χ3v) is 7.22. The van der Waals surface area contributed by atoms with E-state index < -0.39 is 20.9 Å². The summed E-state index contributed by atoms with van der Waals surface area (Å²) in [6, 6.07) is 16.3.